The van der Waals surface area contributed by atoms with Gasteiger partial charge in [0, 0.05) is 10.9 Å². The minimum atomic E-state index is -0.510. The lowest BCUT2D eigenvalue weighted by Crippen LogP contribution is -2.12. The van der Waals surface area contributed by atoms with E-state index in [1.807, 2.05) is 0 Å². The van der Waals surface area contributed by atoms with Crippen LogP contribution in [0.4, 0.5) is 5.69 Å². The molecule has 144 valence electrons. The summed E-state index contributed by atoms with van der Waals surface area (Å²) in [6.45, 7) is 0. The van der Waals surface area contributed by atoms with Crippen molar-refractivity contribution in [1.29, 1.82) is 0 Å². The summed E-state index contributed by atoms with van der Waals surface area (Å²) in [5.41, 5.74) is 0.942. The molecule has 1 aromatic heterocycles. The minimum absolute atomic E-state index is 0.0116. The van der Waals surface area contributed by atoms with Gasteiger partial charge in [0.05, 0.1) is 21.3 Å². The number of amides is 1. The molecule has 4 aromatic rings. The van der Waals surface area contributed by atoms with Crippen molar-refractivity contribution in [3.63, 3.8) is 0 Å². The summed E-state index contributed by atoms with van der Waals surface area (Å²) in [7, 11) is 0. The number of para-hydroxylation sites is 1. The molecule has 0 atom stereocenters. The van der Waals surface area contributed by atoms with Gasteiger partial charge < -0.3 is 14.8 Å². The van der Waals surface area contributed by atoms with E-state index >= 15 is 0 Å². The van der Waals surface area contributed by atoms with Crippen LogP contribution >= 0.6 is 23.2 Å². The summed E-state index contributed by atoms with van der Waals surface area (Å²) >= 11 is 12.2. The summed E-state index contributed by atoms with van der Waals surface area (Å²) in [4.78, 5) is 25.5. The number of hydrogen-bond acceptors (Lipinski definition) is 4. The number of ketones is 1. The molecule has 1 heterocycles. The maximum Gasteiger partial charge on any atom is 0.256 e. The smallest absolute Gasteiger partial charge is 0.256 e. The van der Waals surface area contributed by atoms with Crippen LogP contribution in [0.3, 0.4) is 0 Å². The highest BCUT2D eigenvalue weighted by Gasteiger charge is 2.21. The lowest BCUT2D eigenvalue weighted by molar-refractivity contribution is 0.101. The molecule has 1 amide bonds. The van der Waals surface area contributed by atoms with Crippen molar-refractivity contribution in [2.45, 2.75) is 0 Å². The minimum Gasteiger partial charge on any atom is -0.504 e. The van der Waals surface area contributed by atoms with Crippen LogP contribution in [0.1, 0.15) is 26.5 Å². The van der Waals surface area contributed by atoms with Crippen molar-refractivity contribution in [2.75, 3.05) is 5.32 Å². The van der Waals surface area contributed by atoms with E-state index in [0.29, 0.717) is 10.9 Å². The molecule has 5 nitrogen and oxygen atoms in total. The maximum absolute atomic E-state index is 12.9. The Kier molecular flexibility index (Phi) is 5.01. The van der Waals surface area contributed by atoms with Gasteiger partial charge in [-0.2, -0.15) is 0 Å². The molecule has 3 aromatic carbocycles. The molecular formula is C22H13Cl2NO4. The number of furan rings is 1. The van der Waals surface area contributed by atoms with E-state index in [-0.39, 0.29) is 44.2 Å². The van der Waals surface area contributed by atoms with Crippen molar-refractivity contribution in [3.8, 4) is 5.75 Å². The number of phenols is 1. The van der Waals surface area contributed by atoms with Crippen molar-refractivity contribution in [1.82, 2.24) is 0 Å². The van der Waals surface area contributed by atoms with Crippen LogP contribution in [0.5, 0.6) is 5.75 Å². The first kappa shape index (κ1) is 19.1. The molecule has 2 N–H and O–H groups in total. The average Bonchev–Trinajstić information content (AvgIpc) is 3.17. The molecule has 7 heteroatoms. The number of fused-ring (bicyclic) bond motifs is 1. The third kappa shape index (κ3) is 3.58. The van der Waals surface area contributed by atoms with Crippen LogP contribution in [0.2, 0.25) is 10.0 Å². The van der Waals surface area contributed by atoms with Crippen LogP contribution in [0, 0.1) is 0 Å². The summed E-state index contributed by atoms with van der Waals surface area (Å²) in [5.74, 6) is -1.04. The second-order valence-corrected chi connectivity index (χ2v) is 7.05. The first-order valence-electron chi connectivity index (χ1n) is 8.56. The van der Waals surface area contributed by atoms with E-state index in [0.717, 1.165) is 0 Å². The number of phenolic OH excluding ortho intramolecular Hbond substituents is 1. The van der Waals surface area contributed by atoms with Gasteiger partial charge in [-0.15, -0.1) is 0 Å². The summed E-state index contributed by atoms with van der Waals surface area (Å²) in [6, 6.07) is 17.6. The van der Waals surface area contributed by atoms with Crippen molar-refractivity contribution in [2.24, 2.45) is 0 Å². The molecular weight excluding hydrogens is 413 g/mol. The van der Waals surface area contributed by atoms with Crippen LogP contribution in [0.15, 0.2) is 71.1 Å². The maximum atomic E-state index is 12.9. The SMILES string of the molecule is O=C(c1ccccc1)c1cc2c(C(=O)Nc3c(Cl)cccc3Cl)ccc(O)c2o1. The van der Waals surface area contributed by atoms with E-state index in [1.54, 1.807) is 48.5 Å². The Bertz CT molecular complexity index is 1230. The van der Waals surface area contributed by atoms with Crippen LogP contribution < -0.4 is 5.32 Å². The fourth-order valence-electron chi connectivity index (χ4n) is 2.95. The highest BCUT2D eigenvalue weighted by atomic mass is 35.5. The Labute approximate surface area is 175 Å². The van der Waals surface area contributed by atoms with E-state index in [4.69, 9.17) is 27.6 Å². The predicted octanol–water partition coefficient (Wildman–Crippen LogP) is 5.93. The molecule has 0 aliphatic carbocycles. The molecule has 0 aliphatic rings. The number of carbonyl (C=O) groups excluding carboxylic acids is 2. The number of halogens is 2. The Balaban J connectivity index is 1.76. The molecule has 0 fully saturated rings. The monoisotopic (exact) mass is 425 g/mol. The van der Waals surface area contributed by atoms with Crippen molar-refractivity contribution >= 4 is 51.5 Å². The Morgan fingerprint density at radius 2 is 1.59 bits per heavy atom. The van der Waals surface area contributed by atoms with Gasteiger partial charge in [0.1, 0.15) is 0 Å². The molecule has 0 radical (unpaired) electrons. The lowest BCUT2D eigenvalue weighted by Gasteiger charge is -2.09. The molecule has 0 saturated carbocycles. The second-order valence-electron chi connectivity index (χ2n) is 6.23. The molecule has 0 bridgehead atoms. The number of hydrogen-bond donors (Lipinski definition) is 2. The van der Waals surface area contributed by atoms with Gasteiger partial charge in [-0.1, -0.05) is 59.6 Å². The Morgan fingerprint density at radius 3 is 2.28 bits per heavy atom. The highest BCUT2D eigenvalue weighted by Crippen LogP contribution is 2.34. The first-order chi connectivity index (χ1) is 14.0. The standard InChI is InChI=1S/C22H13Cl2NO4/c23-15-7-4-8-16(24)19(15)25-22(28)13-9-10-17(26)21-14(13)11-18(29-21)20(27)12-5-2-1-3-6-12/h1-11,26H,(H,25,28). The van der Waals surface area contributed by atoms with Gasteiger partial charge in [-0.3, -0.25) is 9.59 Å². The lowest BCUT2D eigenvalue weighted by atomic mass is 10.1. The molecule has 0 saturated heterocycles. The van der Waals surface area contributed by atoms with Crippen LogP contribution in [-0.4, -0.2) is 16.8 Å². The number of anilines is 1. The van der Waals surface area contributed by atoms with Crippen molar-refractivity contribution < 1.29 is 19.1 Å². The molecule has 4 rings (SSSR count). The number of rotatable bonds is 4. The first-order valence-corrected chi connectivity index (χ1v) is 9.32. The van der Waals surface area contributed by atoms with Crippen LogP contribution in [0.25, 0.3) is 11.0 Å². The Hall–Kier alpha value is -3.28. The highest BCUT2D eigenvalue weighted by molar-refractivity contribution is 6.40. The predicted molar refractivity (Wildman–Crippen MR) is 112 cm³/mol. The van der Waals surface area contributed by atoms with E-state index in [2.05, 4.69) is 5.32 Å². The molecule has 0 unspecified atom stereocenters. The zero-order valence-corrected chi connectivity index (χ0v) is 16.3. The molecule has 0 aliphatic heterocycles. The normalized spacial score (nSPS) is 10.8. The fourth-order valence-corrected chi connectivity index (χ4v) is 3.44. The average molecular weight is 426 g/mol. The topological polar surface area (TPSA) is 79.5 Å². The van der Waals surface area contributed by atoms with Gasteiger partial charge in [-0.05, 0) is 30.3 Å². The zero-order valence-electron chi connectivity index (χ0n) is 14.8. The zero-order chi connectivity index (χ0) is 20.5. The number of carbonyl (C=O) groups is 2. The van der Waals surface area contributed by atoms with Gasteiger partial charge in [0.15, 0.2) is 17.1 Å². The van der Waals surface area contributed by atoms with Gasteiger partial charge >= 0.3 is 0 Å². The fraction of sp³-hybridized carbons (Fsp3) is 0. The van der Waals surface area contributed by atoms with Gasteiger partial charge in [-0.25, -0.2) is 0 Å². The van der Waals surface area contributed by atoms with Gasteiger partial charge in [0.25, 0.3) is 5.91 Å². The van der Waals surface area contributed by atoms with Gasteiger partial charge in [0.2, 0.25) is 5.78 Å². The molecule has 0 spiro atoms. The third-order valence-electron chi connectivity index (χ3n) is 4.37. The molecule has 29 heavy (non-hydrogen) atoms. The Morgan fingerprint density at radius 1 is 0.897 bits per heavy atom. The summed E-state index contributed by atoms with van der Waals surface area (Å²) in [6.07, 6.45) is 0. The number of aromatic hydroxyl groups is 1. The van der Waals surface area contributed by atoms with Crippen LogP contribution in [-0.2, 0) is 0 Å². The largest absolute Gasteiger partial charge is 0.504 e. The van der Waals surface area contributed by atoms with Crippen molar-refractivity contribution in [3.05, 3.63) is 93.7 Å². The van der Waals surface area contributed by atoms with E-state index < -0.39 is 5.91 Å². The summed E-state index contributed by atoms with van der Waals surface area (Å²) in [5, 5.41) is 13.7. The van der Waals surface area contributed by atoms with E-state index in [1.165, 1.54) is 18.2 Å². The number of nitrogens with one attached hydrogen (secondary N) is 1. The quantitative estimate of drug-likeness (QED) is 0.397. The number of benzene rings is 3. The summed E-state index contributed by atoms with van der Waals surface area (Å²) < 4.78 is 5.57. The third-order valence-corrected chi connectivity index (χ3v) is 5.00. The second kappa shape index (κ2) is 7.62. The van der Waals surface area contributed by atoms with E-state index in [9.17, 15) is 14.7 Å².